The Hall–Kier alpha value is -1.36. The van der Waals surface area contributed by atoms with Crippen LogP contribution in [0.25, 0.3) is 0 Å². The van der Waals surface area contributed by atoms with Crippen molar-refractivity contribution >= 4 is 11.9 Å². The van der Waals surface area contributed by atoms with Gasteiger partial charge in [0, 0.05) is 19.6 Å². The van der Waals surface area contributed by atoms with Crippen molar-refractivity contribution in [1.29, 1.82) is 0 Å². The van der Waals surface area contributed by atoms with E-state index in [4.69, 9.17) is 14.2 Å². The minimum atomic E-state index is -1.22. The smallest absolute Gasteiger partial charge is 0.333 e. The molecule has 14 heavy (non-hydrogen) atoms. The number of cyclic esters (lactones) is 1. The van der Waals surface area contributed by atoms with Crippen LogP contribution >= 0.6 is 0 Å². The van der Waals surface area contributed by atoms with E-state index in [0.717, 1.165) is 0 Å². The molecule has 5 heteroatoms. The van der Waals surface area contributed by atoms with Gasteiger partial charge in [-0.05, 0) is 13.0 Å². The highest BCUT2D eigenvalue weighted by atomic mass is 16.7. The largest absolute Gasteiger partial charge is 0.458 e. The van der Waals surface area contributed by atoms with E-state index in [1.807, 2.05) is 0 Å². The van der Waals surface area contributed by atoms with E-state index in [0.29, 0.717) is 6.61 Å². The third-order valence-corrected chi connectivity index (χ3v) is 1.61. The number of carbonyl (C=O) groups excluding carboxylic acids is 2. The van der Waals surface area contributed by atoms with E-state index in [1.165, 1.54) is 19.1 Å². The van der Waals surface area contributed by atoms with Crippen molar-refractivity contribution in [2.24, 2.45) is 0 Å². The Bertz CT molecular complexity index is 270. The molecule has 5 nitrogen and oxygen atoms in total. The van der Waals surface area contributed by atoms with Gasteiger partial charge in [0.1, 0.15) is 0 Å². The fourth-order valence-electron chi connectivity index (χ4n) is 1.08. The second-order valence-corrected chi connectivity index (χ2v) is 2.78. The molecule has 0 spiro atoms. The minimum Gasteiger partial charge on any atom is -0.458 e. The molecule has 0 aromatic rings. The zero-order valence-electron chi connectivity index (χ0n) is 8.11. The van der Waals surface area contributed by atoms with Crippen molar-refractivity contribution in [3.63, 3.8) is 0 Å². The molecule has 0 amide bonds. The van der Waals surface area contributed by atoms with Crippen molar-refractivity contribution in [1.82, 2.24) is 0 Å². The quantitative estimate of drug-likeness (QED) is 0.614. The van der Waals surface area contributed by atoms with Crippen LogP contribution in [0, 0.1) is 0 Å². The molecule has 1 aliphatic heterocycles. The fourth-order valence-corrected chi connectivity index (χ4v) is 1.08. The summed E-state index contributed by atoms with van der Waals surface area (Å²) in [4.78, 5) is 21.4. The molecular formula is C9H12O5. The molecular weight excluding hydrogens is 188 g/mol. The normalized spacial score (nSPS) is 24.9. The lowest BCUT2D eigenvalue weighted by atomic mass is 10.3. The summed E-state index contributed by atoms with van der Waals surface area (Å²) in [6.07, 6.45) is 2.70. The highest BCUT2D eigenvalue weighted by molar-refractivity contribution is 5.85. The zero-order valence-corrected chi connectivity index (χ0v) is 8.11. The van der Waals surface area contributed by atoms with Gasteiger partial charge in [-0.15, -0.1) is 0 Å². The van der Waals surface area contributed by atoms with Crippen LogP contribution in [0.3, 0.4) is 0 Å². The molecule has 0 bridgehead atoms. The Balaban J connectivity index is 2.59. The molecule has 0 aliphatic carbocycles. The number of ether oxygens (including phenoxy) is 3. The highest BCUT2D eigenvalue weighted by Crippen LogP contribution is 2.22. The molecule has 1 aliphatic rings. The second-order valence-electron chi connectivity index (χ2n) is 2.78. The lowest BCUT2D eigenvalue weighted by Crippen LogP contribution is -2.38. The van der Waals surface area contributed by atoms with E-state index in [9.17, 15) is 9.59 Å². The van der Waals surface area contributed by atoms with Gasteiger partial charge < -0.3 is 14.2 Å². The molecule has 1 unspecified atom stereocenters. The highest BCUT2D eigenvalue weighted by Gasteiger charge is 2.37. The lowest BCUT2D eigenvalue weighted by Gasteiger charge is -2.25. The molecule has 0 fully saturated rings. The predicted octanol–water partition coefficient (Wildman–Crippen LogP) is 0.395. The first-order valence-electron chi connectivity index (χ1n) is 4.27. The lowest BCUT2D eigenvalue weighted by molar-refractivity contribution is -0.215. The van der Waals surface area contributed by atoms with Crippen LogP contribution < -0.4 is 0 Å². The Morgan fingerprint density at radius 2 is 2.36 bits per heavy atom. The molecule has 78 valence electrons. The predicted molar refractivity (Wildman–Crippen MR) is 46.2 cm³/mol. The number of carbonyl (C=O) groups is 2. The maximum Gasteiger partial charge on any atom is 0.333 e. The van der Waals surface area contributed by atoms with Gasteiger partial charge in [-0.2, -0.15) is 0 Å². The number of hydrogen-bond acceptors (Lipinski definition) is 5. The van der Waals surface area contributed by atoms with Gasteiger partial charge in [0.2, 0.25) is 0 Å². The average Bonchev–Trinajstić information content (AvgIpc) is 2.46. The number of hydrogen-bond donors (Lipinski definition) is 0. The minimum absolute atomic E-state index is 0.113. The summed E-state index contributed by atoms with van der Waals surface area (Å²) in [6, 6.07) is 0. The van der Waals surface area contributed by atoms with Crippen LogP contribution in [-0.2, 0) is 23.8 Å². The molecule has 1 atom stereocenters. The topological polar surface area (TPSA) is 61.8 Å². The Labute approximate surface area is 81.6 Å². The summed E-state index contributed by atoms with van der Waals surface area (Å²) in [7, 11) is 0. The van der Waals surface area contributed by atoms with Gasteiger partial charge in [-0.1, -0.05) is 0 Å². The summed E-state index contributed by atoms with van der Waals surface area (Å²) in [5, 5.41) is 0. The first kappa shape index (κ1) is 10.7. The van der Waals surface area contributed by atoms with Crippen molar-refractivity contribution in [2.45, 2.75) is 19.6 Å². The van der Waals surface area contributed by atoms with Crippen LogP contribution in [0.4, 0.5) is 0 Å². The van der Waals surface area contributed by atoms with Crippen molar-refractivity contribution in [3.8, 4) is 0 Å². The summed E-state index contributed by atoms with van der Waals surface area (Å²) in [5.74, 6) is -2.16. The van der Waals surface area contributed by atoms with Gasteiger partial charge in [0.25, 0.3) is 5.79 Å². The van der Waals surface area contributed by atoms with Crippen LogP contribution in [0.15, 0.2) is 12.2 Å². The molecule has 0 saturated carbocycles. The SMILES string of the molecule is CCOC1(COC(C)=O)C=CC(=O)O1. The first-order valence-corrected chi connectivity index (χ1v) is 4.27. The summed E-state index contributed by atoms with van der Waals surface area (Å²) in [6.45, 7) is 3.28. The van der Waals surface area contributed by atoms with Gasteiger partial charge >= 0.3 is 11.9 Å². The van der Waals surface area contributed by atoms with E-state index in [1.54, 1.807) is 6.92 Å². The Morgan fingerprint density at radius 3 is 2.79 bits per heavy atom. The van der Waals surface area contributed by atoms with Gasteiger partial charge in [0.05, 0.1) is 0 Å². The standard InChI is InChI=1S/C9H12O5/c1-3-13-9(6-12-7(2)10)5-4-8(11)14-9/h4-5H,3,6H2,1-2H3. The molecule has 1 rings (SSSR count). The van der Waals surface area contributed by atoms with Crippen LogP contribution in [-0.4, -0.2) is 30.9 Å². The van der Waals surface area contributed by atoms with E-state index >= 15 is 0 Å². The summed E-state index contributed by atoms with van der Waals surface area (Å²) >= 11 is 0. The first-order chi connectivity index (χ1) is 6.58. The Morgan fingerprint density at radius 1 is 1.64 bits per heavy atom. The third kappa shape index (κ3) is 2.56. The van der Waals surface area contributed by atoms with Gasteiger partial charge in [0.15, 0.2) is 6.61 Å². The van der Waals surface area contributed by atoms with Crippen molar-refractivity contribution in [3.05, 3.63) is 12.2 Å². The van der Waals surface area contributed by atoms with E-state index < -0.39 is 17.7 Å². The Kier molecular flexibility index (Phi) is 3.24. The zero-order chi connectivity index (χ0) is 10.6. The fraction of sp³-hybridized carbons (Fsp3) is 0.556. The van der Waals surface area contributed by atoms with Gasteiger partial charge in [-0.3, -0.25) is 4.79 Å². The van der Waals surface area contributed by atoms with Crippen LogP contribution in [0.2, 0.25) is 0 Å². The van der Waals surface area contributed by atoms with E-state index in [-0.39, 0.29) is 6.61 Å². The maximum absolute atomic E-state index is 10.8. The van der Waals surface area contributed by atoms with E-state index in [2.05, 4.69) is 0 Å². The van der Waals surface area contributed by atoms with Crippen molar-refractivity contribution in [2.75, 3.05) is 13.2 Å². The van der Waals surface area contributed by atoms with Crippen LogP contribution in [0.5, 0.6) is 0 Å². The monoisotopic (exact) mass is 200 g/mol. The summed E-state index contributed by atoms with van der Waals surface area (Å²) in [5.41, 5.74) is 0. The van der Waals surface area contributed by atoms with Crippen LogP contribution in [0.1, 0.15) is 13.8 Å². The molecule has 0 radical (unpaired) electrons. The number of esters is 2. The third-order valence-electron chi connectivity index (χ3n) is 1.61. The second kappa shape index (κ2) is 4.23. The number of rotatable bonds is 4. The average molecular weight is 200 g/mol. The molecule has 0 aromatic heterocycles. The summed E-state index contributed by atoms with van der Waals surface area (Å²) < 4.78 is 14.8. The van der Waals surface area contributed by atoms with Crippen molar-refractivity contribution < 1.29 is 23.8 Å². The molecule has 0 aromatic carbocycles. The maximum atomic E-state index is 10.8. The van der Waals surface area contributed by atoms with Gasteiger partial charge in [-0.25, -0.2) is 4.79 Å². The molecule has 1 heterocycles. The molecule has 0 saturated heterocycles. The molecule has 0 N–H and O–H groups in total.